The van der Waals surface area contributed by atoms with Crippen LogP contribution in [0.3, 0.4) is 0 Å². The Labute approximate surface area is 111 Å². The second-order valence-corrected chi connectivity index (χ2v) is 4.60. The van der Waals surface area contributed by atoms with Gasteiger partial charge in [-0.2, -0.15) is 0 Å². The molecule has 0 bridgehead atoms. The number of nitrogens with zero attached hydrogens (tertiary/aromatic N) is 1. The summed E-state index contributed by atoms with van der Waals surface area (Å²) >= 11 is 0. The summed E-state index contributed by atoms with van der Waals surface area (Å²) in [5.74, 6) is 6.23. The molecule has 1 saturated heterocycles. The third-order valence-corrected chi connectivity index (χ3v) is 3.22. The smallest absolute Gasteiger partial charge is 0.178 e. The maximum atomic E-state index is 13.5. The molecule has 1 N–H and O–H groups in total. The van der Waals surface area contributed by atoms with Crippen LogP contribution in [-0.2, 0) is 0 Å². The highest BCUT2D eigenvalue weighted by atomic mass is 19.1. The molecule has 0 saturated carbocycles. The van der Waals surface area contributed by atoms with Gasteiger partial charge in [0.1, 0.15) is 0 Å². The van der Waals surface area contributed by atoms with Gasteiger partial charge in [0, 0.05) is 37.6 Å². The molecule has 2 aromatic rings. The summed E-state index contributed by atoms with van der Waals surface area (Å²) in [4.78, 5) is 2.28. The van der Waals surface area contributed by atoms with Crippen LogP contribution >= 0.6 is 0 Å². The van der Waals surface area contributed by atoms with E-state index in [0.717, 1.165) is 38.1 Å². The lowest BCUT2D eigenvalue weighted by molar-refractivity contribution is 0.268. The predicted octanol–water partition coefficient (Wildman–Crippen LogP) is 1.83. The first-order chi connectivity index (χ1) is 9.33. The Hall–Kier alpha value is -1.83. The van der Waals surface area contributed by atoms with Gasteiger partial charge < -0.3 is 9.73 Å². The molecule has 3 nitrogen and oxygen atoms in total. The second kappa shape index (κ2) is 5.43. The van der Waals surface area contributed by atoms with Gasteiger partial charge in [-0.3, -0.25) is 4.90 Å². The van der Waals surface area contributed by atoms with Crippen LogP contribution in [0.2, 0.25) is 0 Å². The SMILES string of the molecule is Fc1cccc2cc(C#CCN3CCNCC3)oc12. The molecule has 1 fully saturated rings. The number of hydrogen-bond donors (Lipinski definition) is 1. The van der Waals surface area contributed by atoms with E-state index in [1.54, 1.807) is 12.1 Å². The molecule has 1 aliphatic heterocycles. The van der Waals surface area contributed by atoms with Crippen LogP contribution in [0.4, 0.5) is 4.39 Å². The summed E-state index contributed by atoms with van der Waals surface area (Å²) in [7, 11) is 0. The van der Waals surface area contributed by atoms with Crippen molar-refractivity contribution >= 4 is 11.0 Å². The molecule has 0 amide bonds. The lowest BCUT2D eigenvalue weighted by atomic mass is 10.2. The van der Waals surface area contributed by atoms with E-state index < -0.39 is 0 Å². The molecule has 0 unspecified atom stereocenters. The van der Waals surface area contributed by atoms with Crippen LogP contribution in [0.1, 0.15) is 5.76 Å². The first-order valence-electron chi connectivity index (χ1n) is 6.43. The molecule has 0 atom stereocenters. The van der Waals surface area contributed by atoms with E-state index >= 15 is 0 Å². The van der Waals surface area contributed by atoms with Gasteiger partial charge in [0.15, 0.2) is 17.2 Å². The van der Waals surface area contributed by atoms with Crippen molar-refractivity contribution in [1.29, 1.82) is 0 Å². The zero-order valence-electron chi connectivity index (χ0n) is 10.6. The van der Waals surface area contributed by atoms with Crippen molar-refractivity contribution in [3.8, 4) is 11.8 Å². The van der Waals surface area contributed by atoms with Crippen molar-refractivity contribution in [3.05, 3.63) is 35.8 Å². The van der Waals surface area contributed by atoms with E-state index in [4.69, 9.17) is 4.42 Å². The van der Waals surface area contributed by atoms with Crippen LogP contribution in [0.5, 0.6) is 0 Å². The largest absolute Gasteiger partial charge is 0.445 e. The van der Waals surface area contributed by atoms with Gasteiger partial charge in [-0.1, -0.05) is 18.1 Å². The summed E-state index contributed by atoms with van der Waals surface area (Å²) in [5, 5.41) is 4.05. The van der Waals surface area contributed by atoms with Crippen molar-refractivity contribution < 1.29 is 8.81 Å². The number of fused-ring (bicyclic) bond motifs is 1. The van der Waals surface area contributed by atoms with Gasteiger partial charge in [0.05, 0.1) is 6.54 Å². The molecule has 19 heavy (non-hydrogen) atoms. The molecule has 1 aromatic carbocycles. The first-order valence-corrected chi connectivity index (χ1v) is 6.43. The van der Waals surface area contributed by atoms with E-state index in [1.807, 2.05) is 6.07 Å². The van der Waals surface area contributed by atoms with E-state index in [1.165, 1.54) is 6.07 Å². The normalized spacial score (nSPS) is 16.3. The Morgan fingerprint density at radius 1 is 1.32 bits per heavy atom. The van der Waals surface area contributed by atoms with Crippen molar-refractivity contribution in [3.63, 3.8) is 0 Å². The number of nitrogens with one attached hydrogen (secondary N) is 1. The standard InChI is InChI=1S/C15H15FN2O/c16-14-5-1-3-12-11-13(19-15(12)14)4-2-8-18-9-6-17-7-10-18/h1,3,5,11,17H,6-10H2. The molecule has 0 spiro atoms. The number of furan rings is 1. The minimum Gasteiger partial charge on any atom is -0.445 e. The lowest BCUT2D eigenvalue weighted by Crippen LogP contribution is -2.43. The van der Waals surface area contributed by atoms with Crippen LogP contribution in [0, 0.1) is 17.7 Å². The van der Waals surface area contributed by atoms with Crippen LogP contribution in [0.25, 0.3) is 11.0 Å². The maximum absolute atomic E-state index is 13.5. The number of halogens is 1. The van der Waals surface area contributed by atoms with E-state index in [-0.39, 0.29) is 11.4 Å². The van der Waals surface area contributed by atoms with Gasteiger partial charge in [0.2, 0.25) is 0 Å². The molecule has 1 aliphatic rings. The fraction of sp³-hybridized carbons (Fsp3) is 0.333. The molecular weight excluding hydrogens is 243 g/mol. The summed E-state index contributed by atoms with van der Waals surface area (Å²) in [6.45, 7) is 4.78. The molecule has 2 heterocycles. The van der Waals surface area contributed by atoms with Crippen molar-refractivity contribution in [2.45, 2.75) is 0 Å². The molecule has 1 aromatic heterocycles. The minimum absolute atomic E-state index is 0.286. The number of para-hydroxylation sites is 1. The topological polar surface area (TPSA) is 28.4 Å². The average Bonchev–Trinajstić information content (AvgIpc) is 2.84. The highest BCUT2D eigenvalue weighted by Gasteiger charge is 2.08. The second-order valence-electron chi connectivity index (χ2n) is 4.60. The van der Waals surface area contributed by atoms with Gasteiger partial charge >= 0.3 is 0 Å². The quantitative estimate of drug-likeness (QED) is 0.791. The fourth-order valence-electron chi connectivity index (χ4n) is 2.20. The van der Waals surface area contributed by atoms with E-state index in [0.29, 0.717) is 5.76 Å². The number of hydrogen-bond acceptors (Lipinski definition) is 3. The number of rotatable bonds is 1. The molecule has 0 radical (unpaired) electrons. The van der Waals surface area contributed by atoms with E-state index in [2.05, 4.69) is 22.1 Å². The molecule has 98 valence electrons. The fourth-order valence-corrected chi connectivity index (χ4v) is 2.20. The highest BCUT2D eigenvalue weighted by Crippen LogP contribution is 2.21. The van der Waals surface area contributed by atoms with E-state index in [9.17, 15) is 4.39 Å². The summed E-state index contributed by atoms with van der Waals surface area (Å²) in [5.41, 5.74) is 0.286. The van der Waals surface area contributed by atoms with Crippen molar-refractivity contribution in [2.24, 2.45) is 0 Å². The lowest BCUT2D eigenvalue weighted by Gasteiger charge is -2.24. The molecular formula is C15H15FN2O. The maximum Gasteiger partial charge on any atom is 0.178 e. The van der Waals surface area contributed by atoms with Gasteiger partial charge in [-0.05, 0) is 12.0 Å². The van der Waals surface area contributed by atoms with Gasteiger partial charge in [0.25, 0.3) is 0 Å². The Balaban J connectivity index is 1.73. The highest BCUT2D eigenvalue weighted by molar-refractivity contribution is 5.79. The van der Waals surface area contributed by atoms with Crippen LogP contribution < -0.4 is 5.32 Å². The number of piperazine rings is 1. The zero-order valence-corrected chi connectivity index (χ0v) is 10.6. The molecule has 0 aliphatic carbocycles. The van der Waals surface area contributed by atoms with Crippen LogP contribution in [0.15, 0.2) is 28.7 Å². The summed E-state index contributed by atoms with van der Waals surface area (Å²) < 4.78 is 18.9. The van der Waals surface area contributed by atoms with Crippen molar-refractivity contribution in [1.82, 2.24) is 10.2 Å². The van der Waals surface area contributed by atoms with Gasteiger partial charge in [-0.25, -0.2) is 4.39 Å². The Morgan fingerprint density at radius 2 is 2.16 bits per heavy atom. The Bertz CT molecular complexity index is 632. The summed E-state index contributed by atoms with van der Waals surface area (Å²) in [6, 6.07) is 6.67. The average molecular weight is 258 g/mol. The van der Waals surface area contributed by atoms with Crippen LogP contribution in [-0.4, -0.2) is 37.6 Å². The zero-order chi connectivity index (χ0) is 13.1. The van der Waals surface area contributed by atoms with Gasteiger partial charge in [-0.15, -0.1) is 0 Å². The first kappa shape index (κ1) is 12.2. The minimum atomic E-state index is -0.340. The third-order valence-electron chi connectivity index (χ3n) is 3.22. The monoisotopic (exact) mass is 258 g/mol. The third kappa shape index (κ3) is 2.78. The Morgan fingerprint density at radius 3 is 2.95 bits per heavy atom. The Kier molecular flexibility index (Phi) is 3.49. The molecule has 3 rings (SSSR count). The number of benzene rings is 1. The predicted molar refractivity (Wildman–Crippen MR) is 72.4 cm³/mol. The summed E-state index contributed by atoms with van der Waals surface area (Å²) in [6.07, 6.45) is 0. The van der Waals surface area contributed by atoms with Crippen molar-refractivity contribution in [2.75, 3.05) is 32.7 Å². The molecule has 4 heteroatoms.